The predicted molar refractivity (Wildman–Crippen MR) is 49.9 cm³/mol. The van der Waals surface area contributed by atoms with E-state index in [1.165, 1.54) is 12.1 Å². The highest BCUT2D eigenvalue weighted by Gasteiger charge is 2.11. The van der Waals surface area contributed by atoms with Crippen LogP contribution < -0.4 is 0 Å². The zero-order valence-corrected chi connectivity index (χ0v) is 8.33. The SMILES string of the molecule is CC(C)Cc1ccc(F)c(Cl)c1F. The van der Waals surface area contributed by atoms with Crippen molar-refractivity contribution in [3.05, 3.63) is 34.4 Å². The van der Waals surface area contributed by atoms with E-state index in [1.807, 2.05) is 13.8 Å². The van der Waals surface area contributed by atoms with Gasteiger partial charge in [0.2, 0.25) is 0 Å². The highest BCUT2D eigenvalue weighted by Crippen LogP contribution is 2.23. The van der Waals surface area contributed by atoms with Crippen LogP contribution in [-0.4, -0.2) is 0 Å². The number of hydrogen-bond acceptors (Lipinski definition) is 0. The fraction of sp³-hybridized carbons (Fsp3) is 0.400. The molecule has 0 N–H and O–H groups in total. The normalized spacial score (nSPS) is 10.9. The Hall–Kier alpha value is -0.630. The van der Waals surface area contributed by atoms with Crippen LogP contribution in [0.4, 0.5) is 8.78 Å². The molecular weight excluding hydrogens is 194 g/mol. The average Bonchev–Trinajstić information content (AvgIpc) is 2.06. The summed E-state index contributed by atoms with van der Waals surface area (Å²) in [4.78, 5) is 0. The first-order valence-electron chi connectivity index (χ1n) is 4.14. The maximum Gasteiger partial charge on any atom is 0.147 e. The minimum Gasteiger partial charge on any atom is -0.205 e. The summed E-state index contributed by atoms with van der Waals surface area (Å²) >= 11 is 5.42. The van der Waals surface area contributed by atoms with Gasteiger partial charge in [-0.15, -0.1) is 0 Å². The van der Waals surface area contributed by atoms with Crippen LogP contribution in [0.5, 0.6) is 0 Å². The van der Waals surface area contributed by atoms with E-state index in [0.717, 1.165) is 0 Å². The molecule has 0 heterocycles. The molecule has 0 fully saturated rings. The summed E-state index contributed by atoms with van der Waals surface area (Å²) in [7, 11) is 0. The van der Waals surface area contributed by atoms with Crippen LogP contribution in [0.3, 0.4) is 0 Å². The first-order chi connectivity index (χ1) is 6.02. The van der Waals surface area contributed by atoms with E-state index >= 15 is 0 Å². The predicted octanol–water partition coefficient (Wildman–Crippen LogP) is 3.82. The van der Waals surface area contributed by atoms with Gasteiger partial charge in [0.05, 0.1) is 0 Å². The third kappa shape index (κ3) is 2.41. The molecule has 0 spiro atoms. The van der Waals surface area contributed by atoms with E-state index in [1.54, 1.807) is 0 Å². The molecule has 0 aliphatic rings. The third-order valence-corrected chi connectivity index (χ3v) is 2.09. The summed E-state index contributed by atoms with van der Waals surface area (Å²) in [6, 6.07) is 2.64. The molecule has 0 saturated carbocycles. The Labute approximate surface area is 81.5 Å². The Bertz CT molecular complexity index is 308. The second-order valence-electron chi connectivity index (χ2n) is 3.43. The van der Waals surface area contributed by atoms with Crippen molar-refractivity contribution < 1.29 is 8.78 Å². The van der Waals surface area contributed by atoms with E-state index in [9.17, 15) is 8.78 Å². The third-order valence-electron chi connectivity index (χ3n) is 1.74. The maximum atomic E-state index is 13.3. The Balaban J connectivity index is 3.04. The standard InChI is InChI=1S/C10H11ClF2/c1-6(2)5-7-3-4-8(12)9(11)10(7)13/h3-4,6H,5H2,1-2H3. The molecule has 0 aromatic heterocycles. The molecule has 3 heteroatoms. The molecule has 0 aliphatic heterocycles. The summed E-state index contributed by atoms with van der Waals surface area (Å²) in [6.45, 7) is 3.94. The highest BCUT2D eigenvalue weighted by molar-refractivity contribution is 6.30. The molecule has 1 rings (SSSR count). The maximum absolute atomic E-state index is 13.3. The lowest BCUT2D eigenvalue weighted by Gasteiger charge is -2.07. The van der Waals surface area contributed by atoms with E-state index in [0.29, 0.717) is 17.9 Å². The van der Waals surface area contributed by atoms with Crippen molar-refractivity contribution in [1.82, 2.24) is 0 Å². The Morgan fingerprint density at radius 1 is 1.31 bits per heavy atom. The van der Waals surface area contributed by atoms with E-state index in [-0.39, 0.29) is 0 Å². The molecule has 0 saturated heterocycles. The van der Waals surface area contributed by atoms with E-state index < -0.39 is 16.7 Å². The summed E-state index contributed by atoms with van der Waals surface area (Å²) in [5, 5.41) is -0.404. The van der Waals surface area contributed by atoms with Crippen LogP contribution in [0.25, 0.3) is 0 Å². The lowest BCUT2D eigenvalue weighted by Crippen LogP contribution is -1.99. The van der Waals surface area contributed by atoms with Crippen LogP contribution in [-0.2, 0) is 6.42 Å². The van der Waals surface area contributed by atoms with Crippen LogP contribution in [0.2, 0.25) is 5.02 Å². The van der Waals surface area contributed by atoms with Gasteiger partial charge in [-0.2, -0.15) is 0 Å². The largest absolute Gasteiger partial charge is 0.205 e. The number of rotatable bonds is 2. The molecule has 0 radical (unpaired) electrons. The average molecular weight is 205 g/mol. The lowest BCUT2D eigenvalue weighted by molar-refractivity contribution is 0.553. The fourth-order valence-corrected chi connectivity index (χ4v) is 1.35. The fourth-order valence-electron chi connectivity index (χ4n) is 1.16. The summed E-state index contributed by atoms with van der Waals surface area (Å²) in [6.07, 6.45) is 0.575. The second-order valence-corrected chi connectivity index (χ2v) is 3.81. The van der Waals surface area contributed by atoms with Gasteiger partial charge in [-0.25, -0.2) is 8.78 Å². The van der Waals surface area contributed by atoms with Crippen molar-refractivity contribution in [3.8, 4) is 0 Å². The molecule has 0 amide bonds. The molecule has 0 bridgehead atoms. The molecule has 1 aromatic carbocycles. The van der Waals surface area contributed by atoms with Crippen molar-refractivity contribution in [1.29, 1.82) is 0 Å². The number of halogens is 3. The van der Waals surface area contributed by atoms with Crippen molar-refractivity contribution >= 4 is 11.6 Å². The van der Waals surface area contributed by atoms with Gasteiger partial charge in [0.25, 0.3) is 0 Å². The number of benzene rings is 1. The van der Waals surface area contributed by atoms with Gasteiger partial charge in [-0.05, 0) is 24.0 Å². The van der Waals surface area contributed by atoms with Crippen LogP contribution in [0.1, 0.15) is 19.4 Å². The van der Waals surface area contributed by atoms with Crippen molar-refractivity contribution in [2.75, 3.05) is 0 Å². The van der Waals surface area contributed by atoms with Crippen LogP contribution in [0.15, 0.2) is 12.1 Å². The minimum absolute atomic E-state index is 0.330. The summed E-state index contributed by atoms with van der Waals surface area (Å²) in [5.41, 5.74) is 0.474. The quantitative estimate of drug-likeness (QED) is 0.643. The van der Waals surface area contributed by atoms with Gasteiger partial charge in [0.1, 0.15) is 16.7 Å². The summed E-state index contributed by atoms with van der Waals surface area (Å²) in [5.74, 6) is -1.00. The van der Waals surface area contributed by atoms with Crippen LogP contribution >= 0.6 is 11.6 Å². The van der Waals surface area contributed by atoms with E-state index in [2.05, 4.69) is 0 Å². The zero-order chi connectivity index (χ0) is 10.0. The number of hydrogen-bond donors (Lipinski definition) is 0. The first kappa shape index (κ1) is 10.5. The highest BCUT2D eigenvalue weighted by atomic mass is 35.5. The summed E-state index contributed by atoms with van der Waals surface area (Å²) < 4.78 is 26.0. The van der Waals surface area contributed by atoms with Gasteiger partial charge in [-0.1, -0.05) is 31.5 Å². The van der Waals surface area contributed by atoms with Gasteiger partial charge in [0, 0.05) is 0 Å². The molecule has 0 aliphatic carbocycles. The van der Waals surface area contributed by atoms with Crippen LogP contribution in [0, 0.1) is 17.6 Å². The molecule has 1 aromatic rings. The molecule has 72 valence electrons. The topological polar surface area (TPSA) is 0 Å². The Morgan fingerprint density at radius 3 is 2.46 bits per heavy atom. The van der Waals surface area contributed by atoms with Gasteiger partial charge in [-0.3, -0.25) is 0 Å². The lowest BCUT2D eigenvalue weighted by atomic mass is 10.0. The van der Waals surface area contributed by atoms with E-state index in [4.69, 9.17) is 11.6 Å². The van der Waals surface area contributed by atoms with Gasteiger partial charge < -0.3 is 0 Å². The molecule has 0 atom stereocenters. The zero-order valence-electron chi connectivity index (χ0n) is 7.57. The molecule has 0 nitrogen and oxygen atoms in total. The first-order valence-corrected chi connectivity index (χ1v) is 4.52. The second kappa shape index (κ2) is 4.05. The monoisotopic (exact) mass is 204 g/mol. The molecular formula is C10H11ClF2. The van der Waals surface area contributed by atoms with Gasteiger partial charge in [0.15, 0.2) is 0 Å². The van der Waals surface area contributed by atoms with Crippen molar-refractivity contribution in [3.63, 3.8) is 0 Å². The minimum atomic E-state index is -0.702. The van der Waals surface area contributed by atoms with Crippen molar-refractivity contribution in [2.24, 2.45) is 5.92 Å². The smallest absolute Gasteiger partial charge is 0.147 e. The molecule has 13 heavy (non-hydrogen) atoms. The van der Waals surface area contributed by atoms with Gasteiger partial charge >= 0.3 is 0 Å². The van der Waals surface area contributed by atoms with Crippen molar-refractivity contribution in [2.45, 2.75) is 20.3 Å². The molecule has 0 unspecified atom stereocenters. The Morgan fingerprint density at radius 2 is 1.92 bits per heavy atom. The Kier molecular flexibility index (Phi) is 3.26.